The van der Waals surface area contributed by atoms with E-state index in [9.17, 15) is 4.79 Å². The van der Waals surface area contributed by atoms with Crippen molar-refractivity contribution in [3.8, 4) is 0 Å². The first-order valence-electron chi connectivity index (χ1n) is 5.72. The molecule has 0 bridgehead atoms. The number of nitrogens with zero attached hydrogens (tertiary/aromatic N) is 3. The van der Waals surface area contributed by atoms with Crippen molar-refractivity contribution in [3.63, 3.8) is 0 Å². The maximum absolute atomic E-state index is 11.9. The lowest BCUT2D eigenvalue weighted by Crippen LogP contribution is -2.12. The molecule has 0 fully saturated rings. The zero-order chi connectivity index (χ0) is 13.2. The van der Waals surface area contributed by atoms with Crippen molar-refractivity contribution in [2.45, 2.75) is 32.6 Å². The Morgan fingerprint density at radius 2 is 1.94 bits per heavy atom. The molecule has 18 heavy (non-hydrogen) atoms. The first-order chi connectivity index (χ1) is 8.47. The predicted octanol–water partition coefficient (Wildman–Crippen LogP) is 2.66. The van der Waals surface area contributed by atoms with Gasteiger partial charge in [-0.3, -0.25) is 4.79 Å². The number of hydrogen-bond acceptors (Lipinski definition) is 5. The zero-order valence-corrected chi connectivity index (χ0v) is 11.5. The monoisotopic (exact) mass is 261 g/mol. The normalized spacial score (nSPS) is 11.5. The van der Waals surface area contributed by atoms with E-state index in [2.05, 4.69) is 35.7 Å². The van der Waals surface area contributed by atoms with Crippen LogP contribution < -0.4 is 0 Å². The highest BCUT2D eigenvalue weighted by molar-refractivity contribution is 7.09. The van der Waals surface area contributed by atoms with Crippen LogP contribution in [0.3, 0.4) is 0 Å². The van der Waals surface area contributed by atoms with Gasteiger partial charge in [0.15, 0.2) is 5.82 Å². The Bertz CT molecular complexity index is 543. The highest BCUT2D eigenvalue weighted by atomic mass is 32.1. The Labute approximate surface area is 110 Å². The largest absolute Gasteiger partial charge is 0.290 e. The molecule has 0 unspecified atom stereocenters. The number of thiazole rings is 1. The first-order valence-corrected chi connectivity index (χ1v) is 6.60. The van der Waals surface area contributed by atoms with Gasteiger partial charge in [-0.25, -0.2) is 15.0 Å². The fraction of sp³-hybridized carbons (Fsp3) is 0.385. The van der Waals surface area contributed by atoms with Gasteiger partial charge in [-0.05, 0) is 6.07 Å². The van der Waals surface area contributed by atoms with Crippen LogP contribution in [0.25, 0.3) is 0 Å². The Balaban J connectivity index is 2.11. The lowest BCUT2D eigenvalue weighted by atomic mass is 9.93. The van der Waals surface area contributed by atoms with Crippen LogP contribution in [-0.4, -0.2) is 20.7 Å². The van der Waals surface area contributed by atoms with Gasteiger partial charge >= 0.3 is 0 Å². The van der Waals surface area contributed by atoms with E-state index >= 15 is 0 Å². The summed E-state index contributed by atoms with van der Waals surface area (Å²) in [6.07, 6.45) is 3.41. The number of rotatable bonds is 3. The number of carbonyl (C=O) groups excluding carboxylic acids is 1. The molecule has 5 heteroatoms. The number of carbonyl (C=O) groups is 1. The molecule has 0 aromatic carbocycles. The summed E-state index contributed by atoms with van der Waals surface area (Å²) in [6, 6.07) is 1.69. The summed E-state index contributed by atoms with van der Waals surface area (Å²) < 4.78 is 0. The van der Waals surface area contributed by atoms with Gasteiger partial charge in [-0.2, -0.15) is 0 Å². The topological polar surface area (TPSA) is 55.7 Å². The third-order valence-electron chi connectivity index (χ3n) is 2.45. The standard InChI is InChI=1S/C13H15N3OS/c1-13(2,3)10-8-18-11(16-10)7-9(17)12-14-5-4-6-15-12/h4-6,8H,7H2,1-3H3. The van der Waals surface area contributed by atoms with Crippen molar-refractivity contribution < 1.29 is 4.79 Å². The molecule has 0 spiro atoms. The molecule has 0 aliphatic carbocycles. The van der Waals surface area contributed by atoms with Gasteiger partial charge in [0.05, 0.1) is 12.1 Å². The zero-order valence-electron chi connectivity index (χ0n) is 10.7. The van der Waals surface area contributed by atoms with E-state index in [0.717, 1.165) is 10.7 Å². The molecular weight excluding hydrogens is 246 g/mol. The van der Waals surface area contributed by atoms with Crippen LogP contribution >= 0.6 is 11.3 Å². The van der Waals surface area contributed by atoms with Crippen molar-refractivity contribution in [2.24, 2.45) is 0 Å². The van der Waals surface area contributed by atoms with Crippen molar-refractivity contribution in [2.75, 3.05) is 0 Å². The Hall–Kier alpha value is -1.62. The molecule has 0 N–H and O–H groups in total. The second-order valence-corrected chi connectivity index (χ2v) is 5.99. The van der Waals surface area contributed by atoms with Crippen molar-refractivity contribution in [1.29, 1.82) is 0 Å². The molecule has 94 valence electrons. The molecule has 0 aliphatic heterocycles. The molecule has 0 aliphatic rings. The van der Waals surface area contributed by atoms with Gasteiger partial charge in [0.1, 0.15) is 5.01 Å². The number of ketones is 1. The summed E-state index contributed by atoms with van der Waals surface area (Å²) in [7, 11) is 0. The second-order valence-electron chi connectivity index (χ2n) is 5.05. The minimum absolute atomic E-state index is 0.0149. The van der Waals surface area contributed by atoms with Gasteiger partial charge in [-0.1, -0.05) is 20.8 Å². The molecule has 0 radical (unpaired) electrons. The van der Waals surface area contributed by atoms with Gasteiger partial charge in [0.2, 0.25) is 5.78 Å². The lowest BCUT2D eigenvalue weighted by Gasteiger charge is -2.14. The summed E-state index contributed by atoms with van der Waals surface area (Å²) in [5.41, 5.74) is 1.03. The smallest absolute Gasteiger partial charge is 0.206 e. The lowest BCUT2D eigenvalue weighted by molar-refractivity contribution is 0.0983. The van der Waals surface area contributed by atoms with Crippen molar-refractivity contribution in [1.82, 2.24) is 15.0 Å². The third kappa shape index (κ3) is 2.98. The van der Waals surface area contributed by atoms with E-state index in [1.807, 2.05) is 5.38 Å². The number of Topliss-reactive ketones (excluding diaryl/α,β-unsaturated/α-hetero) is 1. The predicted molar refractivity (Wildman–Crippen MR) is 70.9 cm³/mol. The molecule has 2 heterocycles. The van der Waals surface area contributed by atoms with Gasteiger partial charge in [0.25, 0.3) is 0 Å². The number of hydrogen-bond donors (Lipinski definition) is 0. The summed E-state index contributed by atoms with van der Waals surface area (Å²) in [5, 5.41) is 2.83. The van der Waals surface area contributed by atoms with E-state index in [4.69, 9.17) is 0 Å². The summed E-state index contributed by atoms with van der Waals surface area (Å²) in [4.78, 5) is 24.3. The molecule has 4 nitrogen and oxygen atoms in total. The minimum Gasteiger partial charge on any atom is -0.290 e. The van der Waals surface area contributed by atoms with Crippen LogP contribution in [0.15, 0.2) is 23.8 Å². The number of aromatic nitrogens is 3. The van der Waals surface area contributed by atoms with E-state index in [1.165, 1.54) is 11.3 Å². The van der Waals surface area contributed by atoms with Gasteiger partial charge in [-0.15, -0.1) is 11.3 Å². The SMILES string of the molecule is CC(C)(C)c1csc(CC(=O)c2ncccn2)n1. The highest BCUT2D eigenvalue weighted by Crippen LogP contribution is 2.24. The maximum atomic E-state index is 11.9. The third-order valence-corrected chi connectivity index (χ3v) is 3.30. The van der Waals surface area contributed by atoms with Crippen LogP contribution in [0.1, 0.15) is 42.1 Å². The fourth-order valence-corrected chi connectivity index (χ4v) is 2.42. The average Bonchev–Trinajstić information content (AvgIpc) is 2.78. The van der Waals surface area contributed by atoms with Crippen LogP contribution in [0.4, 0.5) is 0 Å². The van der Waals surface area contributed by atoms with Crippen LogP contribution in [0, 0.1) is 0 Å². The van der Waals surface area contributed by atoms with E-state index in [-0.39, 0.29) is 23.4 Å². The second kappa shape index (κ2) is 4.94. The molecule has 0 saturated carbocycles. The summed E-state index contributed by atoms with van der Waals surface area (Å²) in [5.74, 6) is 0.162. The molecule has 0 amide bonds. The van der Waals surface area contributed by atoms with Crippen molar-refractivity contribution >= 4 is 17.1 Å². The average molecular weight is 261 g/mol. The maximum Gasteiger partial charge on any atom is 0.206 e. The Morgan fingerprint density at radius 3 is 2.50 bits per heavy atom. The minimum atomic E-state index is -0.0922. The molecule has 2 aromatic heterocycles. The fourth-order valence-electron chi connectivity index (χ4n) is 1.40. The molecule has 2 rings (SSSR count). The van der Waals surface area contributed by atoms with Gasteiger partial charge < -0.3 is 0 Å². The highest BCUT2D eigenvalue weighted by Gasteiger charge is 2.19. The first kappa shape index (κ1) is 12.8. The van der Waals surface area contributed by atoms with Crippen LogP contribution in [-0.2, 0) is 11.8 Å². The molecule has 2 aromatic rings. The quantitative estimate of drug-likeness (QED) is 0.797. The van der Waals surface area contributed by atoms with Crippen molar-refractivity contribution in [3.05, 3.63) is 40.4 Å². The van der Waals surface area contributed by atoms with Crippen LogP contribution in [0.5, 0.6) is 0 Å². The Morgan fingerprint density at radius 1 is 1.28 bits per heavy atom. The van der Waals surface area contributed by atoms with Crippen LogP contribution in [0.2, 0.25) is 0 Å². The van der Waals surface area contributed by atoms with E-state index < -0.39 is 0 Å². The van der Waals surface area contributed by atoms with E-state index in [1.54, 1.807) is 18.5 Å². The van der Waals surface area contributed by atoms with E-state index in [0.29, 0.717) is 0 Å². The molecule has 0 saturated heterocycles. The van der Waals surface area contributed by atoms with Gasteiger partial charge in [0, 0.05) is 23.2 Å². The Kier molecular flexibility index (Phi) is 3.52. The summed E-state index contributed by atoms with van der Waals surface area (Å²) >= 11 is 1.51. The molecule has 0 atom stereocenters. The summed E-state index contributed by atoms with van der Waals surface area (Å²) in [6.45, 7) is 6.32. The molecular formula is C13H15N3OS.